The highest BCUT2D eigenvalue weighted by Gasteiger charge is 2.29. The van der Waals surface area contributed by atoms with Crippen molar-refractivity contribution in [3.05, 3.63) is 35.9 Å². The Bertz CT molecular complexity index is 427. The Balaban J connectivity index is 2.13. The van der Waals surface area contributed by atoms with Crippen molar-refractivity contribution in [2.45, 2.75) is 11.4 Å². The van der Waals surface area contributed by atoms with Gasteiger partial charge in [-0.2, -0.15) is 0 Å². The van der Waals surface area contributed by atoms with Crippen LogP contribution in [0.25, 0.3) is 0 Å². The first kappa shape index (κ1) is 14.3. The van der Waals surface area contributed by atoms with E-state index in [1.807, 2.05) is 18.2 Å². The van der Waals surface area contributed by atoms with Gasteiger partial charge in [0.1, 0.15) is 5.38 Å². The molecule has 104 valence electrons. The second-order valence-corrected chi connectivity index (χ2v) is 5.52. The molecule has 0 saturated carbocycles. The molecule has 0 spiro atoms. The molecule has 1 N–H and O–H groups in total. The van der Waals surface area contributed by atoms with Gasteiger partial charge >= 0.3 is 5.97 Å². The first-order valence-electron chi connectivity index (χ1n) is 6.42. The van der Waals surface area contributed by atoms with Crippen molar-refractivity contribution >= 4 is 17.6 Å². The number of aliphatic carboxylic acids is 1. The number of halogens is 1. The molecular formula is C14H19ClN2O2. The summed E-state index contributed by atoms with van der Waals surface area (Å²) in [5.74, 6) is -0.951. The number of alkyl halides is 1. The van der Waals surface area contributed by atoms with Crippen LogP contribution in [0.2, 0.25) is 0 Å². The summed E-state index contributed by atoms with van der Waals surface area (Å²) in [5, 5.41) is 8.10. The monoisotopic (exact) mass is 282 g/mol. The van der Waals surface area contributed by atoms with E-state index in [0.717, 1.165) is 19.6 Å². The largest absolute Gasteiger partial charge is 0.480 e. The van der Waals surface area contributed by atoms with Crippen LogP contribution in [0.5, 0.6) is 0 Å². The Morgan fingerprint density at radius 1 is 1.42 bits per heavy atom. The lowest BCUT2D eigenvalue weighted by Crippen LogP contribution is -2.49. The average Bonchev–Trinajstić information content (AvgIpc) is 2.41. The van der Waals surface area contributed by atoms with E-state index in [2.05, 4.69) is 29.0 Å². The summed E-state index contributed by atoms with van der Waals surface area (Å²) in [6.45, 7) is 3.05. The molecule has 1 aromatic carbocycles. The number of likely N-dealkylation sites (N-methyl/N-ethyl adjacent to an activating group) is 1. The number of nitrogens with zero attached hydrogens (tertiary/aromatic N) is 2. The zero-order chi connectivity index (χ0) is 13.8. The maximum absolute atomic E-state index is 10.9. The first-order valence-corrected chi connectivity index (χ1v) is 6.86. The summed E-state index contributed by atoms with van der Waals surface area (Å²) in [4.78, 5) is 15.3. The second-order valence-electron chi connectivity index (χ2n) is 4.99. The van der Waals surface area contributed by atoms with Crippen LogP contribution in [0.4, 0.5) is 0 Å². The van der Waals surface area contributed by atoms with E-state index in [1.165, 1.54) is 5.56 Å². The molecule has 0 bridgehead atoms. The Kier molecular flexibility index (Phi) is 4.80. The number of hydrogen-bond acceptors (Lipinski definition) is 3. The van der Waals surface area contributed by atoms with Gasteiger partial charge in [0.05, 0.1) is 0 Å². The standard InChI is InChI=1S/C14H19ClN2O2/c1-16-7-8-17(9-12(15)14(18)19)13(10-16)11-5-3-2-4-6-11/h2-6,12-13H,7-10H2,1H3,(H,18,19). The number of carboxylic acid groups (broad SMARTS) is 1. The molecule has 1 fully saturated rings. The van der Waals surface area contributed by atoms with Crippen LogP contribution < -0.4 is 0 Å². The average molecular weight is 283 g/mol. The molecule has 1 saturated heterocycles. The maximum atomic E-state index is 10.9. The number of carboxylic acids is 1. The molecule has 0 aliphatic carbocycles. The summed E-state index contributed by atoms with van der Waals surface area (Å²) in [7, 11) is 2.09. The van der Waals surface area contributed by atoms with Crippen LogP contribution in [0.1, 0.15) is 11.6 Å². The lowest BCUT2D eigenvalue weighted by atomic mass is 10.0. The zero-order valence-corrected chi connectivity index (χ0v) is 11.8. The first-order chi connectivity index (χ1) is 9.08. The smallest absolute Gasteiger partial charge is 0.322 e. The highest BCUT2D eigenvalue weighted by molar-refractivity contribution is 6.29. The lowest BCUT2D eigenvalue weighted by molar-refractivity contribution is -0.137. The van der Waals surface area contributed by atoms with Gasteiger partial charge < -0.3 is 10.0 Å². The Morgan fingerprint density at radius 2 is 2.11 bits per heavy atom. The summed E-state index contributed by atoms with van der Waals surface area (Å²) < 4.78 is 0. The third kappa shape index (κ3) is 3.69. The van der Waals surface area contributed by atoms with Crippen molar-refractivity contribution in [2.24, 2.45) is 0 Å². The second kappa shape index (κ2) is 6.37. The number of rotatable bonds is 4. The molecule has 19 heavy (non-hydrogen) atoms. The van der Waals surface area contributed by atoms with E-state index in [0.29, 0.717) is 6.54 Å². The molecule has 2 atom stereocenters. The van der Waals surface area contributed by atoms with Crippen molar-refractivity contribution in [3.63, 3.8) is 0 Å². The molecule has 0 amide bonds. The summed E-state index contributed by atoms with van der Waals surface area (Å²) in [6.07, 6.45) is 0. The number of piperazine rings is 1. The van der Waals surface area contributed by atoms with E-state index >= 15 is 0 Å². The predicted molar refractivity (Wildman–Crippen MR) is 75.5 cm³/mol. The van der Waals surface area contributed by atoms with Crippen molar-refractivity contribution in [3.8, 4) is 0 Å². The van der Waals surface area contributed by atoms with Crippen LogP contribution in [-0.2, 0) is 4.79 Å². The van der Waals surface area contributed by atoms with Gasteiger partial charge in [-0.3, -0.25) is 9.69 Å². The highest BCUT2D eigenvalue weighted by atomic mass is 35.5. The molecule has 1 heterocycles. The quantitative estimate of drug-likeness (QED) is 0.853. The Morgan fingerprint density at radius 3 is 2.74 bits per heavy atom. The van der Waals surface area contributed by atoms with Gasteiger partial charge in [0.15, 0.2) is 0 Å². The van der Waals surface area contributed by atoms with Crippen LogP contribution in [-0.4, -0.2) is 59.5 Å². The van der Waals surface area contributed by atoms with Gasteiger partial charge in [0.2, 0.25) is 0 Å². The van der Waals surface area contributed by atoms with Gasteiger partial charge in [-0.25, -0.2) is 0 Å². The molecule has 1 aliphatic heterocycles. The van der Waals surface area contributed by atoms with Crippen molar-refractivity contribution < 1.29 is 9.90 Å². The molecule has 1 aliphatic rings. The third-order valence-corrected chi connectivity index (χ3v) is 3.87. The van der Waals surface area contributed by atoms with Crippen LogP contribution in [0, 0.1) is 0 Å². The van der Waals surface area contributed by atoms with Gasteiger partial charge in [0.25, 0.3) is 0 Å². The zero-order valence-electron chi connectivity index (χ0n) is 11.0. The fourth-order valence-corrected chi connectivity index (χ4v) is 2.63. The molecule has 0 aromatic heterocycles. The van der Waals surface area contributed by atoms with Crippen LogP contribution in [0.3, 0.4) is 0 Å². The minimum Gasteiger partial charge on any atom is -0.480 e. The summed E-state index contributed by atoms with van der Waals surface area (Å²) in [6, 6.07) is 10.4. The van der Waals surface area contributed by atoms with Gasteiger partial charge in [-0.15, -0.1) is 11.6 Å². The predicted octanol–water partition coefficient (Wildman–Crippen LogP) is 1.67. The third-order valence-electron chi connectivity index (χ3n) is 3.54. The lowest BCUT2D eigenvalue weighted by Gasteiger charge is -2.40. The van der Waals surface area contributed by atoms with Gasteiger partial charge in [-0.05, 0) is 12.6 Å². The number of benzene rings is 1. The Hall–Kier alpha value is -1.10. The van der Waals surface area contributed by atoms with Crippen LogP contribution >= 0.6 is 11.6 Å². The molecule has 4 nitrogen and oxygen atoms in total. The topological polar surface area (TPSA) is 43.8 Å². The highest BCUT2D eigenvalue weighted by Crippen LogP contribution is 2.25. The fourth-order valence-electron chi connectivity index (χ4n) is 2.45. The van der Waals surface area contributed by atoms with E-state index in [9.17, 15) is 4.79 Å². The van der Waals surface area contributed by atoms with Crippen molar-refractivity contribution in [1.82, 2.24) is 9.80 Å². The SMILES string of the molecule is CN1CCN(CC(Cl)C(=O)O)C(c2ccccc2)C1. The maximum Gasteiger partial charge on any atom is 0.322 e. The van der Waals surface area contributed by atoms with E-state index in [1.54, 1.807) is 0 Å². The van der Waals surface area contributed by atoms with Crippen molar-refractivity contribution in [2.75, 3.05) is 33.2 Å². The number of hydrogen-bond donors (Lipinski definition) is 1. The molecule has 1 aromatic rings. The van der Waals surface area contributed by atoms with Crippen molar-refractivity contribution in [1.29, 1.82) is 0 Å². The van der Waals surface area contributed by atoms with Gasteiger partial charge in [-0.1, -0.05) is 30.3 Å². The Labute approximate surface area is 118 Å². The fraction of sp³-hybridized carbons (Fsp3) is 0.500. The van der Waals surface area contributed by atoms with Crippen LogP contribution in [0.15, 0.2) is 30.3 Å². The number of carbonyl (C=O) groups is 1. The normalized spacial score (nSPS) is 23.2. The van der Waals surface area contributed by atoms with E-state index in [-0.39, 0.29) is 6.04 Å². The molecule has 5 heteroatoms. The van der Waals surface area contributed by atoms with Gasteiger partial charge in [0, 0.05) is 32.2 Å². The van der Waals surface area contributed by atoms with E-state index in [4.69, 9.17) is 16.7 Å². The molecular weight excluding hydrogens is 264 g/mol. The molecule has 0 radical (unpaired) electrons. The van der Waals surface area contributed by atoms with E-state index < -0.39 is 11.3 Å². The minimum absolute atomic E-state index is 0.209. The molecule has 2 rings (SSSR count). The molecule has 2 unspecified atom stereocenters. The minimum atomic E-state index is -0.951. The summed E-state index contributed by atoms with van der Waals surface area (Å²) >= 11 is 5.88. The summed E-state index contributed by atoms with van der Waals surface area (Å²) in [5.41, 5.74) is 1.21.